The molecule has 0 aliphatic carbocycles. The molecular formula is C10H18N2O5. The molecule has 4 N–H and O–H groups in total. The van der Waals surface area contributed by atoms with E-state index in [-0.39, 0.29) is 25.8 Å². The third kappa shape index (κ3) is 8.21. The van der Waals surface area contributed by atoms with E-state index in [4.69, 9.17) is 10.2 Å². The summed E-state index contributed by atoms with van der Waals surface area (Å²) in [4.78, 5) is 32.3. The molecule has 17 heavy (non-hydrogen) atoms. The van der Waals surface area contributed by atoms with Crippen LogP contribution in [0.25, 0.3) is 0 Å². The first-order valence-electron chi connectivity index (χ1n) is 5.42. The number of likely N-dealkylation sites (N-methyl/N-ethyl adjacent to an activating group) is 1. The van der Waals surface area contributed by atoms with Crippen molar-refractivity contribution in [3.05, 3.63) is 0 Å². The van der Waals surface area contributed by atoms with E-state index in [1.54, 1.807) is 0 Å². The van der Waals surface area contributed by atoms with Crippen LogP contribution in [0.2, 0.25) is 0 Å². The predicted octanol–water partition coefficient (Wildman–Crippen LogP) is -0.580. The van der Waals surface area contributed by atoms with Crippen molar-refractivity contribution in [2.24, 2.45) is 0 Å². The van der Waals surface area contributed by atoms with Crippen molar-refractivity contribution in [2.45, 2.75) is 32.2 Å². The van der Waals surface area contributed by atoms with Gasteiger partial charge in [-0.05, 0) is 19.4 Å². The van der Waals surface area contributed by atoms with Gasteiger partial charge in [0.15, 0.2) is 0 Å². The molecule has 7 nitrogen and oxygen atoms in total. The minimum atomic E-state index is -1.15. The smallest absolute Gasteiger partial charge is 0.326 e. The first-order chi connectivity index (χ1) is 7.97. The number of rotatable bonds is 9. The van der Waals surface area contributed by atoms with Crippen LogP contribution >= 0.6 is 0 Å². The Balaban J connectivity index is 4.02. The minimum absolute atomic E-state index is 0.0548. The quantitative estimate of drug-likeness (QED) is 0.432. The molecule has 1 atom stereocenters. The average Bonchev–Trinajstić information content (AvgIpc) is 2.24. The van der Waals surface area contributed by atoms with Gasteiger partial charge in [-0.25, -0.2) is 4.79 Å². The van der Waals surface area contributed by atoms with E-state index in [0.29, 0.717) is 6.54 Å². The fourth-order valence-electron chi connectivity index (χ4n) is 1.20. The summed E-state index contributed by atoms with van der Waals surface area (Å²) in [6, 6.07) is -1.03. The number of nitrogens with one attached hydrogen (secondary N) is 2. The molecule has 0 aliphatic rings. The van der Waals surface area contributed by atoms with Gasteiger partial charge in [-0.3, -0.25) is 9.59 Å². The van der Waals surface area contributed by atoms with Gasteiger partial charge in [0.2, 0.25) is 5.91 Å². The van der Waals surface area contributed by atoms with Gasteiger partial charge in [0.1, 0.15) is 6.04 Å². The molecule has 0 spiro atoms. The summed E-state index contributed by atoms with van der Waals surface area (Å²) in [6.07, 6.45) is 0.222. The topological polar surface area (TPSA) is 116 Å². The van der Waals surface area contributed by atoms with Crippen LogP contribution in [0.3, 0.4) is 0 Å². The monoisotopic (exact) mass is 246 g/mol. The molecule has 0 saturated carbocycles. The summed E-state index contributed by atoms with van der Waals surface area (Å²) < 4.78 is 0. The average molecular weight is 246 g/mol. The molecule has 0 bridgehead atoms. The van der Waals surface area contributed by atoms with Crippen LogP contribution in [-0.2, 0) is 14.4 Å². The highest BCUT2D eigenvalue weighted by Crippen LogP contribution is 2.01. The van der Waals surface area contributed by atoms with E-state index in [1.807, 2.05) is 6.92 Å². The van der Waals surface area contributed by atoms with Gasteiger partial charge in [0.25, 0.3) is 0 Å². The number of carboxylic acids is 2. The Labute approximate surface area is 99.2 Å². The zero-order valence-corrected chi connectivity index (χ0v) is 9.73. The number of carbonyl (C=O) groups excluding carboxylic acids is 1. The Bertz CT molecular complexity index is 280. The molecule has 0 heterocycles. The number of amides is 1. The normalized spacial score (nSPS) is 11.8. The van der Waals surface area contributed by atoms with Gasteiger partial charge in [-0.2, -0.15) is 0 Å². The third-order valence-corrected chi connectivity index (χ3v) is 2.05. The van der Waals surface area contributed by atoms with Crippen LogP contribution < -0.4 is 10.6 Å². The minimum Gasteiger partial charge on any atom is -0.481 e. The second-order valence-corrected chi connectivity index (χ2v) is 3.52. The Morgan fingerprint density at radius 1 is 1.24 bits per heavy atom. The van der Waals surface area contributed by atoms with Crippen molar-refractivity contribution in [1.82, 2.24) is 10.6 Å². The number of hydrogen-bond acceptors (Lipinski definition) is 4. The second kappa shape index (κ2) is 8.51. The molecule has 0 saturated heterocycles. The molecule has 98 valence electrons. The fraction of sp³-hybridized carbons (Fsp3) is 0.700. The molecule has 0 aromatic heterocycles. The Morgan fingerprint density at radius 3 is 2.35 bits per heavy atom. The number of hydrogen-bond donors (Lipinski definition) is 4. The van der Waals surface area contributed by atoms with E-state index >= 15 is 0 Å². The molecule has 1 amide bonds. The summed E-state index contributed by atoms with van der Waals surface area (Å²) in [6.45, 7) is 2.50. The van der Waals surface area contributed by atoms with Gasteiger partial charge < -0.3 is 20.8 Å². The van der Waals surface area contributed by atoms with E-state index in [2.05, 4.69) is 10.6 Å². The second-order valence-electron chi connectivity index (χ2n) is 3.52. The van der Waals surface area contributed by atoms with Crippen LogP contribution in [0.1, 0.15) is 26.2 Å². The Kier molecular flexibility index (Phi) is 7.70. The first-order valence-corrected chi connectivity index (χ1v) is 5.42. The zero-order valence-electron chi connectivity index (χ0n) is 9.73. The largest absolute Gasteiger partial charge is 0.481 e. The van der Waals surface area contributed by atoms with E-state index in [9.17, 15) is 14.4 Å². The number of carbonyl (C=O) groups is 3. The molecule has 0 fully saturated rings. The molecular weight excluding hydrogens is 228 g/mol. The van der Waals surface area contributed by atoms with Crippen LogP contribution in [0.15, 0.2) is 0 Å². The highest BCUT2D eigenvalue weighted by atomic mass is 16.4. The van der Waals surface area contributed by atoms with Crippen LogP contribution in [-0.4, -0.2) is 47.2 Å². The maximum Gasteiger partial charge on any atom is 0.326 e. The predicted molar refractivity (Wildman–Crippen MR) is 59.6 cm³/mol. The molecule has 0 unspecified atom stereocenters. The molecule has 0 aliphatic heterocycles. The lowest BCUT2D eigenvalue weighted by Crippen LogP contribution is -2.44. The summed E-state index contributed by atoms with van der Waals surface area (Å²) in [7, 11) is 0. The first kappa shape index (κ1) is 15.4. The summed E-state index contributed by atoms with van der Waals surface area (Å²) in [5, 5.41) is 22.3. The van der Waals surface area contributed by atoms with Gasteiger partial charge in [-0.15, -0.1) is 0 Å². The van der Waals surface area contributed by atoms with Gasteiger partial charge in [0.05, 0.1) is 6.54 Å². The summed E-state index contributed by atoms with van der Waals surface area (Å²) in [5.41, 5.74) is 0. The number of aliphatic carboxylic acids is 2. The van der Waals surface area contributed by atoms with Crippen LogP contribution in [0.4, 0.5) is 0 Å². The Hall–Kier alpha value is -1.63. The summed E-state index contributed by atoms with van der Waals surface area (Å²) >= 11 is 0. The lowest BCUT2D eigenvalue weighted by molar-refractivity contribution is -0.142. The SMILES string of the molecule is CCNCC(=O)N[C@H](CCCC(=O)O)C(=O)O. The van der Waals surface area contributed by atoms with Gasteiger partial charge >= 0.3 is 11.9 Å². The van der Waals surface area contributed by atoms with Crippen molar-refractivity contribution in [3.63, 3.8) is 0 Å². The highest BCUT2D eigenvalue weighted by molar-refractivity contribution is 5.84. The molecule has 0 aromatic rings. The standard InChI is InChI=1S/C10H18N2O5/c1-2-11-6-8(13)12-7(10(16)17)4-3-5-9(14)15/h7,11H,2-6H2,1H3,(H,12,13)(H,14,15)(H,16,17)/t7-/m1/s1. The molecule has 0 rings (SSSR count). The number of carboxylic acid groups (broad SMARTS) is 2. The van der Waals surface area contributed by atoms with Crippen LogP contribution in [0, 0.1) is 0 Å². The van der Waals surface area contributed by atoms with E-state index in [1.165, 1.54) is 0 Å². The van der Waals surface area contributed by atoms with E-state index in [0.717, 1.165) is 0 Å². The van der Waals surface area contributed by atoms with Crippen molar-refractivity contribution in [3.8, 4) is 0 Å². The fourth-order valence-corrected chi connectivity index (χ4v) is 1.20. The molecule has 0 aromatic carbocycles. The zero-order chi connectivity index (χ0) is 13.3. The lowest BCUT2D eigenvalue weighted by atomic mass is 10.1. The molecule has 0 radical (unpaired) electrons. The van der Waals surface area contributed by atoms with Crippen molar-refractivity contribution in [1.29, 1.82) is 0 Å². The highest BCUT2D eigenvalue weighted by Gasteiger charge is 2.19. The van der Waals surface area contributed by atoms with Gasteiger partial charge in [-0.1, -0.05) is 6.92 Å². The molecule has 7 heteroatoms. The maximum atomic E-state index is 11.3. The summed E-state index contributed by atoms with van der Waals surface area (Å²) in [5.74, 6) is -2.54. The van der Waals surface area contributed by atoms with Crippen molar-refractivity contribution < 1.29 is 24.6 Å². The third-order valence-electron chi connectivity index (χ3n) is 2.05. The van der Waals surface area contributed by atoms with Crippen molar-refractivity contribution >= 4 is 17.8 Å². The van der Waals surface area contributed by atoms with Gasteiger partial charge in [0, 0.05) is 6.42 Å². The lowest BCUT2D eigenvalue weighted by Gasteiger charge is -2.13. The van der Waals surface area contributed by atoms with E-state index < -0.39 is 23.9 Å². The van der Waals surface area contributed by atoms with Crippen LogP contribution in [0.5, 0.6) is 0 Å². The Morgan fingerprint density at radius 2 is 1.88 bits per heavy atom. The van der Waals surface area contributed by atoms with Crippen molar-refractivity contribution in [2.75, 3.05) is 13.1 Å². The maximum absolute atomic E-state index is 11.3.